The Morgan fingerprint density at radius 3 is 2.88 bits per heavy atom. The van der Waals surface area contributed by atoms with Crippen molar-refractivity contribution in [2.75, 3.05) is 0 Å². The summed E-state index contributed by atoms with van der Waals surface area (Å²) in [6.45, 7) is 0. The largest absolute Gasteiger partial charge is 0.350 e. The summed E-state index contributed by atoms with van der Waals surface area (Å²) in [6.07, 6.45) is 9.61. The number of carbonyl (C=O) groups is 1. The lowest BCUT2D eigenvalue weighted by atomic mass is 9.95. The molecule has 1 saturated carbocycles. The average molecular weight is 235 g/mol. The Labute approximate surface area is 100 Å². The molecule has 1 aromatic rings. The molecule has 0 aliphatic heterocycles. The van der Waals surface area contributed by atoms with Crippen LogP contribution in [-0.2, 0) is 4.79 Å². The van der Waals surface area contributed by atoms with E-state index in [1.54, 1.807) is 17.4 Å². The summed E-state index contributed by atoms with van der Waals surface area (Å²) in [6, 6.07) is 4.40. The fourth-order valence-corrected chi connectivity index (χ4v) is 2.66. The molecule has 3 heteroatoms. The third-order valence-corrected chi connectivity index (χ3v) is 3.73. The molecule has 1 aliphatic carbocycles. The number of amides is 1. The number of rotatable bonds is 3. The molecule has 1 amide bonds. The van der Waals surface area contributed by atoms with E-state index in [2.05, 4.69) is 5.32 Å². The molecule has 2 nitrogen and oxygen atoms in total. The lowest BCUT2D eigenvalue weighted by Gasteiger charge is -2.21. The highest BCUT2D eigenvalue weighted by Crippen LogP contribution is 2.17. The number of nitrogens with one attached hydrogen (secondary N) is 1. The summed E-state index contributed by atoms with van der Waals surface area (Å²) in [5.41, 5.74) is 0. The third kappa shape index (κ3) is 3.49. The van der Waals surface area contributed by atoms with E-state index >= 15 is 0 Å². The average Bonchev–Trinajstić information content (AvgIpc) is 2.81. The molecule has 16 heavy (non-hydrogen) atoms. The van der Waals surface area contributed by atoms with Crippen molar-refractivity contribution in [1.29, 1.82) is 0 Å². The SMILES string of the molecule is O=C(C=Cc1cccs1)NC1CCCCC1. The number of carbonyl (C=O) groups excluding carboxylic acids is 1. The van der Waals surface area contributed by atoms with Crippen LogP contribution in [0.3, 0.4) is 0 Å². The molecule has 0 atom stereocenters. The molecule has 1 heterocycles. The Hall–Kier alpha value is -1.09. The zero-order valence-electron chi connectivity index (χ0n) is 9.32. The predicted molar refractivity (Wildman–Crippen MR) is 68.4 cm³/mol. The van der Waals surface area contributed by atoms with E-state index in [0.717, 1.165) is 17.7 Å². The fourth-order valence-electron chi connectivity index (χ4n) is 2.04. The van der Waals surface area contributed by atoms with Crippen LogP contribution < -0.4 is 5.32 Å². The summed E-state index contributed by atoms with van der Waals surface area (Å²) in [4.78, 5) is 12.7. The second kappa shape index (κ2) is 5.85. The van der Waals surface area contributed by atoms with Gasteiger partial charge in [-0.1, -0.05) is 25.3 Å². The van der Waals surface area contributed by atoms with Crippen molar-refractivity contribution in [3.8, 4) is 0 Å². The predicted octanol–water partition coefficient (Wildman–Crippen LogP) is 3.21. The van der Waals surface area contributed by atoms with Crippen molar-refractivity contribution < 1.29 is 4.79 Å². The second-order valence-electron chi connectivity index (χ2n) is 4.19. The molecule has 2 rings (SSSR count). The molecule has 1 fully saturated rings. The first-order valence-corrected chi connectivity index (χ1v) is 6.74. The maximum Gasteiger partial charge on any atom is 0.244 e. The van der Waals surface area contributed by atoms with E-state index in [4.69, 9.17) is 0 Å². The molecule has 1 aromatic heterocycles. The van der Waals surface area contributed by atoms with E-state index in [0.29, 0.717) is 6.04 Å². The van der Waals surface area contributed by atoms with Gasteiger partial charge < -0.3 is 5.32 Å². The zero-order chi connectivity index (χ0) is 11.2. The van der Waals surface area contributed by atoms with Gasteiger partial charge in [0.05, 0.1) is 0 Å². The maximum absolute atomic E-state index is 11.6. The van der Waals surface area contributed by atoms with E-state index < -0.39 is 0 Å². The van der Waals surface area contributed by atoms with Crippen LogP contribution in [0.15, 0.2) is 23.6 Å². The minimum absolute atomic E-state index is 0.0419. The summed E-state index contributed by atoms with van der Waals surface area (Å²) in [7, 11) is 0. The van der Waals surface area contributed by atoms with Crippen LogP contribution >= 0.6 is 11.3 Å². The van der Waals surface area contributed by atoms with Crippen molar-refractivity contribution >= 4 is 23.3 Å². The van der Waals surface area contributed by atoms with Gasteiger partial charge in [-0.15, -0.1) is 11.3 Å². The van der Waals surface area contributed by atoms with E-state index in [-0.39, 0.29) is 5.91 Å². The van der Waals surface area contributed by atoms with E-state index in [1.165, 1.54) is 19.3 Å². The zero-order valence-corrected chi connectivity index (χ0v) is 10.1. The van der Waals surface area contributed by atoms with E-state index in [9.17, 15) is 4.79 Å². The Bertz CT molecular complexity index is 350. The molecule has 0 saturated heterocycles. The minimum atomic E-state index is 0.0419. The van der Waals surface area contributed by atoms with Crippen LogP contribution in [0.2, 0.25) is 0 Å². The first-order chi connectivity index (χ1) is 7.84. The molecule has 1 aliphatic rings. The fraction of sp³-hybridized carbons (Fsp3) is 0.462. The smallest absolute Gasteiger partial charge is 0.244 e. The second-order valence-corrected chi connectivity index (χ2v) is 5.17. The van der Waals surface area contributed by atoms with Crippen LogP contribution in [0.25, 0.3) is 6.08 Å². The van der Waals surface area contributed by atoms with Crippen molar-refractivity contribution in [2.45, 2.75) is 38.1 Å². The van der Waals surface area contributed by atoms with Crippen LogP contribution in [0.4, 0.5) is 0 Å². The highest BCUT2D eigenvalue weighted by Gasteiger charge is 2.13. The third-order valence-electron chi connectivity index (χ3n) is 2.89. The molecule has 0 bridgehead atoms. The molecule has 0 unspecified atom stereocenters. The van der Waals surface area contributed by atoms with Gasteiger partial charge in [0.1, 0.15) is 0 Å². The summed E-state index contributed by atoms with van der Waals surface area (Å²) < 4.78 is 0. The van der Waals surface area contributed by atoms with Crippen molar-refractivity contribution in [3.63, 3.8) is 0 Å². The Kier molecular flexibility index (Phi) is 4.17. The summed E-state index contributed by atoms with van der Waals surface area (Å²) in [5, 5.41) is 5.07. The highest BCUT2D eigenvalue weighted by molar-refractivity contribution is 7.10. The van der Waals surface area contributed by atoms with Gasteiger partial charge in [0.2, 0.25) is 5.91 Å². The van der Waals surface area contributed by atoms with Crippen LogP contribution in [-0.4, -0.2) is 11.9 Å². The first kappa shape index (κ1) is 11.4. The van der Waals surface area contributed by atoms with Gasteiger partial charge in [-0.25, -0.2) is 0 Å². The van der Waals surface area contributed by atoms with Gasteiger partial charge >= 0.3 is 0 Å². The minimum Gasteiger partial charge on any atom is -0.350 e. The molecule has 0 aromatic carbocycles. The molecular formula is C13H17NOS. The van der Waals surface area contributed by atoms with Crippen LogP contribution in [0.5, 0.6) is 0 Å². The van der Waals surface area contributed by atoms with Crippen molar-refractivity contribution in [3.05, 3.63) is 28.5 Å². The van der Waals surface area contributed by atoms with Gasteiger partial charge in [0, 0.05) is 17.0 Å². The monoisotopic (exact) mass is 235 g/mol. The maximum atomic E-state index is 11.6. The molecule has 1 N–H and O–H groups in total. The Balaban J connectivity index is 1.79. The lowest BCUT2D eigenvalue weighted by Crippen LogP contribution is -2.34. The molecular weight excluding hydrogens is 218 g/mol. The highest BCUT2D eigenvalue weighted by atomic mass is 32.1. The molecule has 86 valence electrons. The summed E-state index contributed by atoms with van der Waals surface area (Å²) in [5.74, 6) is 0.0419. The normalized spacial score (nSPS) is 17.8. The molecule has 0 radical (unpaired) electrons. The summed E-state index contributed by atoms with van der Waals surface area (Å²) >= 11 is 1.64. The standard InChI is InChI=1S/C13H17NOS/c15-13(9-8-12-7-4-10-16-12)14-11-5-2-1-3-6-11/h4,7-11H,1-3,5-6H2,(H,14,15). The van der Waals surface area contributed by atoms with E-state index in [1.807, 2.05) is 23.6 Å². The van der Waals surface area contributed by atoms with Gasteiger partial charge in [-0.2, -0.15) is 0 Å². The topological polar surface area (TPSA) is 29.1 Å². The molecule has 0 spiro atoms. The lowest BCUT2D eigenvalue weighted by molar-refractivity contribution is -0.117. The Morgan fingerprint density at radius 1 is 1.38 bits per heavy atom. The van der Waals surface area contributed by atoms with Crippen molar-refractivity contribution in [1.82, 2.24) is 5.32 Å². The number of hydrogen-bond acceptors (Lipinski definition) is 2. The van der Waals surface area contributed by atoms with Gasteiger partial charge in [0.25, 0.3) is 0 Å². The van der Waals surface area contributed by atoms with Gasteiger partial charge in [-0.3, -0.25) is 4.79 Å². The van der Waals surface area contributed by atoms with Gasteiger partial charge in [0.15, 0.2) is 0 Å². The first-order valence-electron chi connectivity index (χ1n) is 5.87. The van der Waals surface area contributed by atoms with Crippen LogP contribution in [0, 0.1) is 0 Å². The van der Waals surface area contributed by atoms with Gasteiger partial charge in [-0.05, 0) is 30.4 Å². The Morgan fingerprint density at radius 2 is 2.19 bits per heavy atom. The number of thiophene rings is 1. The van der Waals surface area contributed by atoms with Crippen molar-refractivity contribution in [2.24, 2.45) is 0 Å². The van der Waals surface area contributed by atoms with Crippen LogP contribution in [0.1, 0.15) is 37.0 Å². The number of hydrogen-bond donors (Lipinski definition) is 1. The quantitative estimate of drug-likeness (QED) is 0.801.